The summed E-state index contributed by atoms with van der Waals surface area (Å²) in [7, 11) is 0. The van der Waals surface area contributed by atoms with Crippen LogP contribution in [0.1, 0.15) is 19.6 Å². The number of aromatic nitrogens is 1. The lowest BCUT2D eigenvalue weighted by molar-refractivity contribution is 0.397. The molecule has 0 N–H and O–H groups in total. The van der Waals surface area contributed by atoms with Gasteiger partial charge in [-0.15, -0.1) is 0 Å². The second kappa shape index (κ2) is 11.7. The minimum atomic E-state index is 0.856. The van der Waals surface area contributed by atoms with Crippen molar-refractivity contribution in [3.63, 3.8) is 0 Å². The zero-order valence-electron chi connectivity index (χ0n) is 6.89. The Bertz CT molecular complexity index is 117. The van der Waals surface area contributed by atoms with Crippen molar-refractivity contribution >= 4 is 22.6 Å². The minimum Gasteiger partial charge on any atom is -0.362 e. The summed E-state index contributed by atoms with van der Waals surface area (Å²) in [5, 5.41) is 3.45. The van der Waals surface area contributed by atoms with Crippen LogP contribution in [0.15, 0.2) is 16.8 Å². The first-order chi connectivity index (χ1) is 4.89. The van der Waals surface area contributed by atoms with Crippen molar-refractivity contribution in [1.82, 2.24) is 5.16 Å². The molecule has 0 aliphatic rings. The molecule has 1 aromatic rings. The summed E-state index contributed by atoms with van der Waals surface area (Å²) in [6, 6.07) is 1.81. The van der Waals surface area contributed by atoms with Gasteiger partial charge in [0, 0.05) is 6.07 Å². The van der Waals surface area contributed by atoms with Gasteiger partial charge < -0.3 is 4.52 Å². The smallest absolute Gasteiger partial charge is 0.133 e. The maximum Gasteiger partial charge on any atom is 0.133 e. The molecule has 0 spiro atoms. The van der Waals surface area contributed by atoms with Gasteiger partial charge >= 0.3 is 0 Å². The van der Waals surface area contributed by atoms with Gasteiger partial charge in [0.15, 0.2) is 0 Å². The number of aryl methyl sites for hydroxylation is 1. The highest BCUT2D eigenvalue weighted by atomic mass is 127. The summed E-state index contributed by atoms with van der Waals surface area (Å²) < 4.78 is 4.58. The van der Waals surface area contributed by atoms with E-state index >= 15 is 0 Å². The van der Waals surface area contributed by atoms with E-state index < -0.39 is 0 Å². The molecule has 0 saturated carbocycles. The highest BCUT2D eigenvalue weighted by molar-refractivity contribution is 14.1. The van der Waals surface area contributed by atoms with Gasteiger partial charge in [0.05, 0.1) is 6.20 Å². The average Bonchev–Trinajstić information content (AvgIpc) is 2.48. The molecule has 0 amide bonds. The van der Waals surface area contributed by atoms with Crippen molar-refractivity contribution in [1.29, 1.82) is 0 Å². The first-order valence-electron chi connectivity index (χ1n) is 3.14. The molecule has 0 aliphatic heterocycles. The summed E-state index contributed by atoms with van der Waals surface area (Å²) in [5.74, 6) is 0.856. The fourth-order valence-corrected chi connectivity index (χ4v) is 0.279. The number of alkyl halides is 1. The molecule has 0 aliphatic carbocycles. The topological polar surface area (TPSA) is 26.0 Å². The Kier molecular flexibility index (Phi) is 14.7. The van der Waals surface area contributed by atoms with Gasteiger partial charge in [-0.3, -0.25) is 0 Å². The Balaban J connectivity index is 0. The number of hydrogen-bond donors (Lipinski definition) is 0. The van der Waals surface area contributed by atoms with Gasteiger partial charge in [-0.2, -0.15) is 0 Å². The van der Waals surface area contributed by atoms with E-state index in [9.17, 15) is 0 Å². The third kappa shape index (κ3) is 7.94. The average molecular weight is 255 g/mol. The minimum absolute atomic E-state index is 0.856. The van der Waals surface area contributed by atoms with Crippen molar-refractivity contribution in [2.45, 2.75) is 20.8 Å². The third-order valence-electron chi connectivity index (χ3n) is 0.567. The van der Waals surface area contributed by atoms with Crippen molar-refractivity contribution < 1.29 is 4.52 Å². The van der Waals surface area contributed by atoms with Crippen LogP contribution >= 0.6 is 22.6 Å². The number of halogens is 1. The summed E-state index contributed by atoms with van der Waals surface area (Å²) in [5.41, 5.74) is 0. The zero-order valence-corrected chi connectivity index (χ0v) is 9.05. The molecule has 0 unspecified atom stereocenters. The van der Waals surface area contributed by atoms with Crippen molar-refractivity contribution in [2.24, 2.45) is 0 Å². The Morgan fingerprint density at radius 3 is 2.00 bits per heavy atom. The molecule has 0 fully saturated rings. The fraction of sp³-hybridized carbons (Fsp3) is 0.571. The SMILES string of the molecule is CC.CI.Cc1ccno1. The fourth-order valence-electron chi connectivity index (χ4n) is 0.279. The Morgan fingerprint density at radius 1 is 1.40 bits per heavy atom. The van der Waals surface area contributed by atoms with Crippen molar-refractivity contribution in [2.75, 3.05) is 4.93 Å². The van der Waals surface area contributed by atoms with E-state index in [0.717, 1.165) is 5.76 Å². The maximum atomic E-state index is 4.58. The Morgan fingerprint density at radius 2 is 1.90 bits per heavy atom. The summed E-state index contributed by atoms with van der Waals surface area (Å²) >= 11 is 2.15. The Hall–Kier alpha value is -0.0600. The zero-order chi connectivity index (χ0) is 8.41. The van der Waals surface area contributed by atoms with Crippen LogP contribution in [0.25, 0.3) is 0 Å². The van der Waals surface area contributed by atoms with Gasteiger partial charge in [0.25, 0.3) is 0 Å². The van der Waals surface area contributed by atoms with Crippen LogP contribution in [-0.2, 0) is 0 Å². The first kappa shape index (κ1) is 12.6. The van der Waals surface area contributed by atoms with Crippen LogP contribution in [0, 0.1) is 6.92 Å². The van der Waals surface area contributed by atoms with Gasteiger partial charge in [0.2, 0.25) is 0 Å². The van der Waals surface area contributed by atoms with E-state index in [1.807, 2.05) is 25.7 Å². The van der Waals surface area contributed by atoms with E-state index in [-0.39, 0.29) is 0 Å². The van der Waals surface area contributed by atoms with Crippen LogP contribution in [0.2, 0.25) is 0 Å². The lowest BCUT2D eigenvalue weighted by Gasteiger charge is -1.65. The molecular weight excluding hydrogens is 241 g/mol. The van der Waals surface area contributed by atoms with Crippen LogP contribution in [0.5, 0.6) is 0 Å². The predicted molar refractivity (Wildman–Crippen MR) is 52.5 cm³/mol. The molecule has 0 aromatic carbocycles. The second-order valence-corrected chi connectivity index (χ2v) is 1.12. The summed E-state index contributed by atoms with van der Waals surface area (Å²) in [4.78, 5) is 1.97. The van der Waals surface area contributed by atoms with Crippen LogP contribution in [0.4, 0.5) is 0 Å². The van der Waals surface area contributed by atoms with Gasteiger partial charge in [-0.1, -0.05) is 41.6 Å². The quantitative estimate of drug-likeness (QED) is 0.526. The molecule has 2 nitrogen and oxygen atoms in total. The molecule has 1 rings (SSSR count). The molecule has 60 valence electrons. The molecule has 10 heavy (non-hydrogen) atoms. The summed E-state index contributed by atoms with van der Waals surface area (Å²) in [6.45, 7) is 5.85. The highest BCUT2D eigenvalue weighted by Crippen LogP contribution is 1.88. The number of nitrogens with zero attached hydrogens (tertiary/aromatic N) is 1. The van der Waals surface area contributed by atoms with Gasteiger partial charge in [-0.05, 0) is 11.9 Å². The van der Waals surface area contributed by atoms with E-state index in [4.69, 9.17) is 0 Å². The molecule has 0 atom stereocenters. The molecule has 1 aromatic heterocycles. The van der Waals surface area contributed by atoms with E-state index in [1.54, 1.807) is 12.3 Å². The normalized spacial score (nSPS) is 6.50. The third-order valence-corrected chi connectivity index (χ3v) is 0.567. The molecule has 1 heterocycles. The molecule has 0 saturated heterocycles. The van der Waals surface area contributed by atoms with Crippen LogP contribution in [0.3, 0.4) is 0 Å². The van der Waals surface area contributed by atoms with Crippen LogP contribution in [-0.4, -0.2) is 10.1 Å². The number of hydrogen-bond acceptors (Lipinski definition) is 2. The molecule has 0 bridgehead atoms. The van der Waals surface area contributed by atoms with Gasteiger partial charge in [-0.25, -0.2) is 0 Å². The first-order valence-corrected chi connectivity index (χ1v) is 5.30. The van der Waals surface area contributed by atoms with E-state index in [2.05, 4.69) is 32.3 Å². The predicted octanol–water partition coefficient (Wildman–Crippen LogP) is 3.06. The highest BCUT2D eigenvalue weighted by Gasteiger charge is 1.78. The molecule has 3 heteroatoms. The van der Waals surface area contributed by atoms with E-state index in [1.165, 1.54) is 0 Å². The lowest BCUT2D eigenvalue weighted by Crippen LogP contribution is -1.50. The second-order valence-electron chi connectivity index (χ2n) is 1.12. The maximum absolute atomic E-state index is 4.58. The largest absolute Gasteiger partial charge is 0.362 e. The van der Waals surface area contributed by atoms with Gasteiger partial charge in [0.1, 0.15) is 5.76 Å². The Labute approximate surface area is 76.1 Å². The van der Waals surface area contributed by atoms with Crippen molar-refractivity contribution in [3.05, 3.63) is 18.0 Å². The lowest BCUT2D eigenvalue weighted by atomic mass is 10.5. The monoisotopic (exact) mass is 255 g/mol. The van der Waals surface area contributed by atoms with E-state index in [0.29, 0.717) is 0 Å². The molecule has 0 radical (unpaired) electrons. The summed E-state index contributed by atoms with van der Waals surface area (Å²) in [6.07, 6.45) is 1.62. The standard InChI is InChI=1S/C4H5NO.C2H6.CH3I/c1-4-2-3-5-6-4;2*1-2/h2-3H,1H3;1-2H3;1H3. The van der Waals surface area contributed by atoms with Crippen LogP contribution < -0.4 is 0 Å². The number of rotatable bonds is 0. The van der Waals surface area contributed by atoms with Crippen molar-refractivity contribution in [3.8, 4) is 0 Å². The molecular formula is C7H14INO.